The zero-order valence-corrected chi connectivity index (χ0v) is 78.0. The lowest BCUT2D eigenvalue weighted by atomic mass is 9.82. The van der Waals surface area contributed by atoms with Gasteiger partial charge in [0.1, 0.15) is 10.3 Å². The molecule has 4 aliphatic heterocycles. The highest BCUT2D eigenvalue weighted by molar-refractivity contribution is 14.2. The summed E-state index contributed by atoms with van der Waals surface area (Å²) in [4.78, 5) is 50.0. The topological polar surface area (TPSA) is 293 Å². The number of aromatic nitrogens is 11. The lowest BCUT2D eigenvalue weighted by molar-refractivity contribution is -0.123. The highest BCUT2D eigenvalue weighted by Crippen LogP contribution is 2.38. The first-order chi connectivity index (χ1) is 57.5. The van der Waals surface area contributed by atoms with Crippen molar-refractivity contribution in [3.05, 3.63) is 161 Å². The third-order valence-electron chi connectivity index (χ3n) is 18.7. The minimum Gasteiger partial charge on any atom is -1.00 e. The summed E-state index contributed by atoms with van der Waals surface area (Å²) in [5.74, 6) is -0.481. The highest BCUT2D eigenvalue weighted by atomic mass is 127. The van der Waals surface area contributed by atoms with Crippen LogP contribution in [0, 0.1) is 0 Å². The number of aryl methyl sites for hydroxylation is 3. The van der Waals surface area contributed by atoms with Crippen molar-refractivity contribution in [1.29, 1.82) is 0 Å². The van der Waals surface area contributed by atoms with Crippen LogP contribution >= 0.6 is 116 Å². The van der Waals surface area contributed by atoms with Crippen molar-refractivity contribution in [3.63, 3.8) is 0 Å². The maximum atomic E-state index is 12.7. The van der Waals surface area contributed by atoms with Gasteiger partial charge < -0.3 is 48.2 Å². The first-order valence-electron chi connectivity index (χ1n) is 41.7. The number of pyridine rings is 3. The molecule has 23 nitrogen and oxygen atoms in total. The number of H-pyrrole nitrogens is 1. The van der Waals surface area contributed by atoms with Crippen molar-refractivity contribution in [2.24, 2.45) is 38.1 Å². The van der Waals surface area contributed by atoms with E-state index in [0.717, 1.165) is 134 Å². The largest absolute Gasteiger partial charge is 1.00 e. The third-order valence-corrected chi connectivity index (χ3v) is 20.7. The van der Waals surface area contributed by atoms with E-state index in [1.165, 1.54) is 59.1 Å². The lowest BCUT2D eigenvalue weighted by Gasteiger charge is -2.32. The number of unbranched alkanes of at least 4 members (excludes halogenated alkanes) is 1. The number of primary amides is 2. The summed E-state index contributed by atoms with van der Waals surface area (Å²) >= 11 is 26.2. The summed E-state index contributed by atoms with van der Waals surface area (Å²) in [7, 11) is -1.88. The SMILES string of the molecule is BrCCCCBr.CC.CC1(C)OB(c2cn[nH]c2)OC1(C)C.C[C@@H](C(N)=O)N1CCCC1.C[C@H](N)C(N)=O.Clc1cc2cc(Br)ccc2cn1.ICI.[2H]C([2H])([2H])n1cc(-c2ccc3cnc(CC(=O)[C@H](C)N4CCCC4)cc3c2)cn1.[2H]C([2H])([2H])n1cc(-c2ccc3cnc(Cl)cc3c2)cn1.[2H]C([2H])([2H])n1cc(B2OC(C)(C)C(C)(C)O2)cn1.[2H]CF.[Cl-]. The number of aromatic amines is 1. The van der Waals surface area contributed by atoms with Gasteiger partial charge in [-0.2, -0.15) is 20.4 Å². The number of hydrogen-bond acceptors (Lipinski definition) is 17. The van der Waals surface area contributed by atoms with Crippen molar-refractivity contribution < 1.29 is 63.5 Å². The molecule has 624 valence electrons. The number of ketones is 1. The molecule has 14 rings (SSSR count). The minimum atomic E-state index is -2.29. The van der Waals surface area contributed by atoms with Crippen LogP contribution in [0.3, 0.4) is 0 Å². The van der Waals surface area contributed by atoms with Crippen LogP contribution in [-0.4, -0.2) is 183 Å². The second kappa shape index (κ2) is 51.4. The van der Waals surface area contributed by atoms with Crippen LogP contribution in [0.5, 0.6) is 0 Å². The van der Waals surface area contributed by atoms with E-state index >= 15 is 0 Å². The fourth-order valence-corrected chi connectivity index (χ4v) is 12.3. The average molecular weight is 2060 g/mol. The Kier molecular flexibility index (Phi) is 39.1. The fraction of sp³-hybridized carbons (Fsp3) is 0.475. The Morgan fingerprint density at radius 2 is 0.956 bits per heavy atom. The molecule has 11 heterocycles. The van der Waals surface area contributed by atoms with Gasteiger partial charge in [-0.1, -0.05) is 160 Å². The maximum absolute atomic E-state index is 12.7. The van der Waals surface area contributed by atoms with E-state index in [9.17, 15) is 18.8 Å². The molecule has 4 aliphatic rings. The summed E-state index contributed by atoms with van der Waals surface area (Å²) in [6.07, 6.45) is 25.4. The second-order valence-corrected chi connectivity index (χ2v) is 35.6. The molecule has 34 heteroatoms. The molecule has 2 amide bonds. The lowest BCUT2D eigenvalue weighted by Crippen LogP contribution is -3.00. The van der Waals surface area contributed by atoms with Gasteiger partial charge >= 0.3 is 14.2 Å². The molecular weight excluding hydrogens is 1940 g/mol. The number of carbonyl (C=O) groups excluding carboxylic acids is 3. The predicted octanol–water partition coefficient (Wildman–Crippen LogP) is 13.4. The number of alkyl halides is 5. The molecule has 0 unspecified atom stereocenters. The molecule has 7 N–H and O–H groups in total. The summed E-state index contributed by atoms with van der Waals surface area (Å²) in [5.41, 5.74) is 18.9. The quantitative estimate of drug-likeness (QED) is 0.0259. The van der Waals surface area contributed by atoms with E-state index < -0.39 is 58.4 Å². The first-order valence-corrected chi connectivity index (χ1v) is 43.3. The smallest absolute Gasteiger partial charge is 0.498 e. The number of nitrogens with two attached hydrogens (primary N) is 3. The molecule has 0 aliphatic carbocycles. The Morgan fingerprint density at radius 3 is 1.34 bits per heavy atom. The monoisotopic (exact) mass is 2060 g/mol. The van der Waals surface area contributed by atoms with E-state index in [1.54, 1.807) is 50.2 Å². The zero-order chi connectivity index (χ0) is 92.6. The Bertz CT molecular complexity index is 4820. The minimum absolute atomic E-state index is 0. The van der Waals surface area contributed by atoms with Crippen LogP contribution < -0.4 is 40.5 Å². The standard InChI is InChI=1S/C21H24N4O.C13H10ClN3.C10H17BN2O2.C9H15BN2O2.C9H5BrClN.C7H14N2O.C4H8Br2.C3H8N2O.C2H6.CH3F.CH2I2.ClH/c1-15(25-7-3-4-8-25)21(26)11-20-10-18-9-16(5-6-17(18)12-22-20)19-13-23-24(2)14-19;1-17-8-12(7-16-17)9-2-3-10-6-15-13(14)5-11(10)4-9;1-9(2)10(3,4)15-11(14-9)8-6-12-13(5)7-8;1-8(2)9(3,4)14-10(13-8)7-5-11-12-6-7;10-8-2-1-6-5-12-9(11)4-7(6)3-8;1-6(7(8)10)9-4-2-3-5-9;5-3-1-2-4-6;1-2(4)3(5)6;2*1-2;2-1-3;/h5-6,9-10,12-15H,3-4,7-8,11H2,1-2H3;2-8H,1H3;6-7H,1-5H3;5-6H,1-4H3,(H,11,12);1-5H;6H,2-5H2,1H3,(H2,8,10);1-4H2;2H,4H2,1H3,(H2,5,6);1-2H3;1H3;1H2;1H/p-1/t15-;;;;;6-;;2-;;;;/m0....0.0..../s1/i2D3;1D3;5D3;;;;;;;1D;;. The molecular formula is C80H112B2Br3Cl3FI2N16O7-. The van der Waals surface area contributed by atoms with E-state index in [-0.39, 0.29) is 54.5 Å². The number of hydrogen-bond donors (Lipinski definition) is 4. The van der Waals surface area contributed by atoms with Crippen LogP contribution in [0.1, 0.15) is 148 Å². The van der Waals surface area contributed by atoms with Crippen molar-refractivity contribution in [2.45, 2.75) is 175 Å². The third kappa shape index (κ3) is 33.2. The van der Waals surface area contributed by atoms with Gasteiger partial charge in [0, 0.05) is 148 Å². The van der Waals surface area contributed by atoms with Crippen molar-refractivity contribution >= 4 is 191 Å². The number of amides is 2. The van der Waals surface area contributed by atoms with Crippen LogP contribution in [0.2, 0.25) is 10.3 Å². The summed E-state index contributed by atoms with van der Waals surface area (Å²) in [5, 5.41) is 27.6. The summed E-state index contributed by atoms with van der Waals surface area (Å²) in [6, 6.07) is 22.5. The van der Waals surface area contributed by atoms with Crippen molar-refractivity contribution in [2.75, 3.05) is 46.4 Å². The number of halogens is 9. The molecule has 10 aromatic rings. The average Bonchev–Trinajstić information content (AvgIpc) is 1.62. The molecule has 0 spiro atoms. The van der Waals surface area contributed by atoms with E-state index in [4.69, 9.17) is 67.0 Å². The van der Waals surface area contributed by atoms with Gasteiger partial charge in [-0.25, -0.2) is 9.97 Å². The Labute approximate surface area is 756 Å². The summed E-state index contributed by atoms with van der Waals surface area (Å²) in [6.45, 7) is 22.5. The predicted molar refractivity (Wildman–Crippen MR) is 490 cm³/mol. The number of fused-ring (bicyclic) bond motifs is 3. The highest BCUT2D eigenvalue weighted by Gasteiger charge is 2.53. The second-order valence-electron chi connectivity index (χ2n) is 27.8. The van der Waals surface area contributed by atoms with E-state index in [2.05, 4.69) is 149 Å². The molecule has 0 bridgehead atoms. The van der Waals surface area contributed by atoms with Gasteiger partial charge in [0.05, 0.1) is 70.3 Å². The Morgan fingerprint density at radius 1 is 0.570 bits per heavy atom. The molecule has 3 atom stereocenters. The molecule has 3 aromatic carbocycles. The Hall–Kier alpha value is -5.11. The van der Waals surface area contributed by atoms with Crippen molar-refractivity contribution in [3.8, 4) is 22.3 Å². The number of nitrogens with zero attached hydrogens (tertiary/aromatic N) is 12. The van der Waals surface area contributed by atoms with Gasteiger partial charge in [-0.05, 0) is 211 Å². The normalized spacial score (nSPS) is 17.6. The number of Topliss-reactive ketones (excluding diaryl/α,β-unsaturated/α-hetero) is 1. The van der Waals surface area contributed by atoms with Crippen molar-refractivity contribution in [1.82, 2.24) is 64.3 Å². The van der Waals surface area contributed by atoms with Crippen LogP contribution in [0.4, 0.5) is 4.39 Å². The van der Waals surface area contributed by atoms with E-state index in [1.807, 2.05) is 150 Å². The van der Waals surface area contributed by atoms with Gasteiger partial charge in [-0.15, -0.1) is 0 Å². The number of likely N-dealkylation sites (tertiary alicyclic amines) is 2. The van der Waals surface area contributed by atoms with Gasteiger partial charge in [0.25, 0.3) is 0 Å². The first kappa shape index (κ1) is 86.7. The number of benzene rings is 3. The number of carbonyl (C=O) groups is 3. The summed E-state index contributed by atoms with van der Waals surface area (Å²) < 4.78 is 110. The van der Waals surface area contributed by atoms with Crippen LogP contribution in [0.15, 0.2) is 145 Å². The van der Waals surface area contributed by atoms with Gasteiger partial charge in [-0.3, -0.25) is 52.7 Å². The molecule has 114 heavy (non-hydrogen) atoms. The van der Waals surface area contributed by atoms with Crippen LogP contribution in [0.25, 0.3) is 54.6 Å². The number of rotatable bonds is 14. The zero-order valence-electron chi connectivity index (χ0n) is 76.6. The Balaban J connectivity index is 0.000000376. The van der Waals surface area contributed by atoms with Gasteiger partial charge in [0.15, 0.2) is 5.78 Å². The molecule has 0 radical (unpaired) electrons. The fourth-order valence-electron chi connectivity index (χ4n) is 10.7. The van der Waals surface area contributed by atoms with Crippen LogP contribution in [-0.2, 0) is 60.3 Å². The maximum Gasteiger partial charge on any atom is 0.498 e. The van der Waals surface area contributed by atoms with E-state index in [0.29, 0.717) is 22.2 Å². The molecule has 4 saturated heterocycles. The molecule has 0 saturated carbocycles. The molecule has 4 fully saturated rings. The van der Waals surface area contributed by atoms with Gasteiger partial charge in [0.2, 0.25) is 11.8 Å². The molecule has 7 aromatic heterocycles. The number of nitrogens with one attached hydrogen (secondary N) is 1.